The van der Waals surface area contributed by atoms with Gasteiger partial charge < -0.3 is 15.2 Å². The van der Waals surface area contributed by atoms with Gasteiger partial charge >= 0.3 is 6.16 Å². The summed E-state index contributed by atoms with van der Waals surface area (Å²) in [4.78, 5) is 21.1. The molecule has 0 saturated carbocycles. The van der Waals surface area contributed by atoms with Crippen molar-refractivity contribution in [2.75, 3.05) is 6.61 Å². The van der Waals surface area contributed by atoms with E-state index in [4.69, 9.17) is 5.11 Å². The summed E-state index contributed by atoms with van der Waals surface area (Å²) in [5.41, 5.74) is 0.475. The topological polar surface area (TPSA) is 75.6 Å². The zero-order valence-corrected chi connectivity index (χ0v) is 8.16. The Kier molecular flexibility index (Phi) is 2.78. The molecule has 1 rings (SSSR count). The zero-order chi connectivity index (χ0) is 10.8. The number of carbonyl (C=O) groups excluding carboxylic acids is 1. The van der Waals surface area contributed by atoms with E-state index in [9.17, 15) is 9.59 Å². The van der Waals surface area contributed by atoms with Crippen LogP contribution >= 0.6 is 0 Å². The number of hydrogen-bond acceptors (Lipinski definition) is 3. The third-order valence-corrected chi connectivity index (χ3v) is 2.14. The van der Waals surface area contributed by atoms with Gasteiger partial charge in [0.15, 0.2) is 0 Å². The Hall–Kier alpha value is -1.52. The predicted molar refractivity (Wildman–Crippen MR) is 48.9 cm³/mol. The van der Waals surface area contributed by atoms with Crippen molar-refractivity contribution in [1.82, 2.24) is 5.32 Å². The number of carbonyl (C=O) groups is 2. The summed E-state index contributed by atoms with van der Waals surface area (Å²) in [5, 5.41) is 11.0. The molecule has 0 aromatic heterocycles. The molecule has 0 atom stereocenters. The van der Waals surface area contributed by atoms with E-state index < -0.39 is 6.16 Å². The normalized spacial score (nSPS) is 18.7. The Morgan fingerprint density at radius 3 is 2.71 bits per heavy atom. The second-order valence-electron chi connectivity index (χ2n) is 3.65. The van der Waals surface area contributed by atoms with Crippen molar-refractivity contribution in [3.8, 4) is 0 Å². The molecule has 5 heteroatoms. The van der Waals surface area contributed by atoms with Gasteiger partial charge in [0.25, 0.3) is 0 Å². The third kappa shape index (κ3) is 2.48. The van der Waals surface area contributed by atoms with Crippen molar-refractivity contribution >= 4 is 12.1 Å². The molecule has 0 aromatic rings. The second kappa shape index (κ2) is 3.69. The fraction of sp³-hybridized carbons (Fsp3) is 0.556. The maximum atomic E-state index is 11.0. The molecule has 0 saturated heterocycles. The van der Waals surface area contributed by atoms with E-state index in [2.05, 4.69) is 10.1 Å². The Morgan fingerprint density at radius 1 is 1.64 bits per heavy atom. The largest absolute Gasteiger partial charge is 0.505 e. The molecule has 1 amide bonds. The Morgan fingerprint density at radius 2 is 2.29 bits per heavy atom. The Balaban J connectivity index is 2.48. The molecular weight excluding hydrogens is 186 g/mol. The van der Waals surface area contributed by atoms with Gasteiger partial charge in [-0.05, 0) is 19.4 Å². The number of rotatable bonds is 3. The lowest BCUT2D eigenvalue weighted by atomic mass is 9.95. The lowest BCUT2D eigenvalue weighted by molar-refractivity contribution is -0.116. The van der Waals surface area contributed by atoms with E-state index >= 15 is 0 Å². The minimum Gasteiger partial charge on any atom is -0.450 e. The molecule has 0 aromatic carbocycles. The first-order valence-electron chi connectivity index (χ1n) is 4.31. The van der Waals surface area contributed by atoms with Gasteiger partial charge in [-0.15, -0.1) is 0 Å². The lowest BCUT2D eigenvalue weighted by Crippen LogP contribution is -2.38. The summed E-state index contributed by atoms with van der Waals surface area (Å²) in [5.74, 6) is -0.139. The average molecular weight is 199 g/mol. The smallest absolute Gasteiger partial charge is 0.450 e. The van der Waals surface area contributed by atoms with Crippen molar-refractivity contribution in [3.63, 3.8) is 0 Å². The maximum Gasteiger partial charge on any atom is 0.505 e. The zero-order valence-electron chi connectivity index (χ0n) is 8.16. The van der Waals surface area contributed by atoms with E-state index in [0.717, 1.165) is 5.57 Å². The minimum absolute atomic E-state index is 0.0829. The van der Waals surface area contributed by atoms with Crippen LogP contribution in [-0.4, -0.2) is 29.3 Å². The lowest BCUT2D eigenvalue weighted by Gasteiger charge is -2.22. The molecule has 1 heterocycles. The summed E-state index contributed by atoms with van der Waals surface area (Å²) < 4.78 is 4.37. The molecule has 5 nitrogen and oxygen atoms in total. The number of carboxylic acid groups (broad SMARTS) is 1. The quantitative estimate of drug-likeness (QED) is 0.662. The standard InChI is InChI=1S/C9H13NO4/c1-9(2)6(5-7(11)10-9)3-4-14-8(12)13/h5H,3-4H2,1-2H3,(H,10,11)(H,12,13). The van der Waals surface area contributed by atoms with Crippen molar-refractivity contribution in [3.05, 3.63) is 11.6 Å². The SMILES string of the molecule is CC1(C)NC(=O)C=C1CCOC(=O)O. The molecule has 78 valence electrons. The third-order valence-electron chi connectivity index (χ3n) is 2.14. The van der Waals surface area contributed by atoms with Crippen LogP contribution in [0.3, 0.4) is 0 Å². The van der Waals surface area contributed by atoms with Crippen LogP contribution in [-0.2, 0) is 9.53 Å². The number of ether oxygens (including phenoxy) is 1. The number of hydrogen-bond donors (Lipinski definition) is 2. The van der Waals surface area contributed by atoms with Crippen LogP contribution < -0.4 is 5.32 Å². The van der Waals surface area contributed by atoms with E-state index in [0.29, 0.717) is 6.42 Å². The summed E-state index contributed by atoms with van der Waals surface area (Å²) in [6.45, 7) is 3.81. The van der Waals surface area contributed by atoms with E-state index in [-0.39, 0.29) is 18.1 Å². The maximum absolute atomic E-state index is 11.0. The van der Waals surface area contributed by atoms with Gasteiger partial charge in [-0.3, -0.25) is 4.79 Å². The number of nitrogens with one attached hydrogen (secondary N) is 1. The fourth-order valence-electron chi connectivity index (χ4n) is 1.40. The number of amides is 1. The van der Waals surface area contributed by atoms with Crippen molar-refractivity contribution in [1.29, 1.82) is 0 Å². The highest BCUT2D eigenvalue weighted by molar-refractivity contribution is 5.92. The van der Waals surface area contributed by atoms with Gasteiger partial charge in [-0.1, -0.05) is 0 Å². The van der Waals surface area contributed by atoms with Crippen molar-refractivity contribution in [2.45, 2.75) is 25.8 Å². The van der Waals surface area contributed by atoms with Gasteiger partial charge in [-0.2, -0.15) is 0 Å². The van der Waals surface area contributed by atoms with E-state index in [1.165, 1.54) is 6.08 Å². The molecular formula is C9H13NO4. The molecule has 0 radical (unpaired) electrons. The van der Waals surface area contributed by atoms with Crippen LogP contribution in [0.4, 0.5) is 4.79 Å². The van der Waals surface area contributed by atoms with Crippen LogP contribution in [0.25, 0.3) is 0 Å². The van der Waals surface area contributed by atoms with Crippen LogP contribution in [0, 0.1) is 0 Å². The van der Waals surface area contributed by atoms with E-state index in [1.807, 2.05) is 13.8 Å². The molecule has 0 bridgehead atoms. The molecule has 14 heavy (non-hydrogen) atoms. The highest BCUT2D eigenvalue weighted by Gasteiger charge is 2.30. The molecule has 0 spiro atoms. The van der Waals surface area contributed by atoms with Gasteiger partial charge in [-0.25, -0.2) is 4.79 Å². The summed E-state index contributed by atoms with van der Waals surface area (Å²) in [7, 11) is 0. The summed E-state index contributed by atoms with van der Waals surface area (Å²) in [6.07, 6.45) is 0.643. The first-order valence-corrected chi connectivity index (χ1v) is 4.31. The van der Waals surface area contributed by atoms with Crippen molar-refractivity contribution < 1.29 is 19.4 Å². The molecule has 0 aliphatic carbocycles. The van der Waals surface area contributed by atoms with Crippen molar-refractivity contribution in [2.24, 2.45) is 0 Å². The van der Waals surface area contributed by atoms with E-state index in [1.54, 1.807) is 0 Å². The molecule has 0 unspecified atom stereocenters. The molecule has 1 aliphatic heterocycles. The van der Waals surface area contributed by atoms with Gasteiger partial charge in [0.05, 0.1) is 12.1 Å². The van der Waals surface area contributed by atoms with Crippen LogP contribution in [0.15, 0.2) is 11.6 Å². The first-order chi connectivity index (χ1) is 6.42. The molecule has 1 aliphatic rings. The Bertz CT molecular complexity index is 293. The van der Waals surface area contributed by atoms with Gasteiger partial charge in [0.2, 0.25) is 5.91 Å². The highest BCUT2D eigenvalue weighted by Crippen LogP contribution is 2.23. The minimum atomic E-state index is -1.29. The monoisotopic (exact) mass is 199 g/mol. The van der Waals surface area contributed by atoms with Crippen LogP contribution in [0.2, 0.25) is 0 Å². The molecule has 2 N–H and O–H groups in total. The fourth-order valence-corrected chi connectivity index (χ4v) is 1.40. The summed E-state index contributed by atoms with van der Waals surface area (Å²) in [6, 6.07) is 0. The predicted octanol–water partition coefficient (Wildman–Crippen LogP) is 0.906. The second-order valence-corrected chi connectivity index (χ2v) is 3.65. The molecule has 0 fully saturated rings. The van der Waals surface area contributed by atoms with Crippen LogP contribution in [0.5, 0.6) is 0 Å². The summed E-state index contributed by atoms with van der Waals surface area (Å²) >= 11 is 0. The van der Waals surface area contributed by atoms with Crippen LogP contribution in [0.1, 0.15) is 20.3 Å². The Labute approximate surface area is 81.7 Å². The highest BCUT2D eigenvalue weighted by atomic mass is 16.7. The first kappa shape index (κ1) is 10.6. The van der Waals surface area contributed by atoms with Gasteiger partial charge in [0.1, 0.15) is 0 Å². The van der Waals surface area contributed by atoms with Gasteiger partial charge in [0, 0.05) is 12.5 Å². The average Bonchev–Trinajstić information content (AvgIpc) is 2.24.